The summed E-state index contributed by atoms with van der Waals surface area (Å²) in [6, 6.07) is 12.6. The van der Waals surface area contributed by atoms with E-state index < -0.39 is 5.97 Å². The number of benzene rings is 2. The Hall–Kier alpha value is -2.70. The first-order valence-corrected chi connectivity index (χ1v) is 9.38. The normalized spacial score (nSPS) is 10.7. The van der Waals surface area contributed by atoms with Crippen LogP contribution in [0.4, 0.5) is 4.79 Å². The molecule has 3 aromatic rings. The smallest absolute Gasteiger partial charge is 0.354 e. The van der Waals surface area contributed by atoms with Crippen LogP contribution in [0.3, 0.4) is 0 Å². The molecule has 3 rings (SSSR count). The third-order valence-corrected chi connectivity index (χ3v) is 4.78. The van der Waals surface area contributed by atoms with Crippen LogP contribution in [0.1, 0.15) is 21.6 Å². The van der Waals surface area contributed by atoms with Gasteiger partial charge in [-0.25, -0.2) is 9.59 Å². The summed E-state index contributed by atoms with van der Waals surface area (Å²) in [6.07, 6.45) is 0.393. The van der Waals surface area contributed by atoms with Crippen molar-refractivity contribution < 1.29 is 14.3 Å². The highest BCUT2D eigenvalue weighted by Gasteiger charge is 2.20. The Bertz CT molecular complexity index is 1000. The fourth-order valence-corrected chi connectivity index (χ4v) is 3.59. The predicted molar refractivity (Wildman–Crippen MR) is 110 cm³/mol. The summed E-state index contributed by atoms with van der Waals surface area (Å²) in [7, 11) is 1.31. The zero-order valence-corrected chi connectivity index (χ0v) is 16.7. The lowest BCUT2D eigenvalue weighted by molar-refractivity contribution is 0.0594. The Morgan fingerprint density at radius 1 is 1.11 bits per heavy atom. The van der Waals surface area contributed by atoms with E-state index in [4.69, 9.17) is 27.9 Å². The summed E-state index contributed by atoms with van der Waals surface area (Å²) in [5, 5.41) is 7.16. The number of esters is 1. The monoisotopic (exact) mass is 419 g/mol. The third-order valence-electron chi connectivity index (χ3n) is 4.26. The van der Waals surface area contributed by atoms with Crippen LogP contribution in [0, 0.1) is 0 Å². The van der Waals surface area contributed by atoms with E-state index in [1.165, 1.54) is 7.11 Å². The molecule has 0 unspecified atom stereocenters. The summed E-state index contributed by atoms with van der Waals surface area (Å²) in [4.78, 5) is 27.2. The molecular formula is C20H19Cl2N3O3. The highest BCUT2D eigenvalue weighted by atomic mass is 35.5. The molecule has 3 N–H and O–H groups in total. The van der Waals surface area contributed by atoms with Crippen LogP contribution < -0.4 is 10.6 Å². The molecule has 28 heavy (non-hydrogen) atoms. The van der Waals surface area contributed by atoms with Gasteiger partial charge in [0.1, 0.15) is 5.69 Å². The predicted octanol–water partition coefficient (Wildman–Crippen LogP) is 4.30. The van der Waals surface area contributed by atoms with Gasteiger partial charge < -0.3 is 20.4 Å². The van der Waals surface area contributed by atoms with Gasteiger partial charge in [0.15, 0.2) is 0 Å². The summed E-state index contributed by atoms with van der Waals surface area (Å²) in [6.45, 7) is 0.744. The topological polar surface area (TPSA) is 83.2 Å². The van der Waals surface area contributed by atoms with Gasteiger partial charge in [-0.05, 0) is 29.7 Å². The van der Waals surface area contributed by atoms with Gasteiger partial charge in [-0.3, -0.25) is 0 Å². The van der Waals surface area contributed by atoms with Crippen LogP contribution in [-0.2, 0) is 17.7 Å². The molecule has 0 fully saturated rings. The Kier molecular flexibility index (Phi) is 6.44. The average Bonchev–Trinajstić information content (AvgIpc) is 3.05. The second-order valence-electron chi connectivity index (χ2n) is 6.13. The molecule has 0 atom stereocenters. The number of hydrogen-bond acceptors (Lipinski definition) is 3. The minimum Gasteiger partial charge on any atom is -0.464 e. The van der Waals surface area contributed by atoms with Crippen molar-refractivity contribution in [2.45, 2.75) is 13.0 Å². The van der Waals surface area contributed by atoms with E-state index in [1.54, 1.807) is 12.1 Å². The second kappa shape index (κ2) is 8.99. The van der Waals surface area contributed by atoms with Crippen molar-refractivity contribution in [3.63, 3.8) is 0 Å². The zero-order chi connectivity index (χ0) is 20.1. The summed E-state index contributed by atoms with van der Waals surface area (Å²) < 4.78 is 4.85. The molecule has 0 radical (unpaired) electrons. The maximum atomic E-state index is 12.1. The van der Waals surface area contributed by atoms with E-state index in [0.29, 0.717) is 51.7 Å². The first-order valence-electron chi connectivity index (χ1n) is 8.63. The minimum absolute atomic E-state index is 0.294. The van der Waals surface area contributed by atoms with Crippen molar-refractivity contribution >= 4 is 46.1 Å². The van der Waals surface area contributed by atoms with E-state index in [0.717, 1.165) is 5.56 Å². The van der Waals surface area contributed by atoms with E-state index in [1.807, 2.05) is 30.3 Å². The molecule has 0 aliphatic heterocycles. The van der Waals surface area contributed by atoms with Crippen LogP contribution in [0.15, 0.2) is 42.5 Å². The number of methoxy groups -OCH3 is 1. The van der Waals surface area contributed by atoms with Crippen molar-refractivity contribution in [3.8, 4) is 0 Å². The summed E-state index contributed by atoms with van der Waals surface area (Å²) in [5.41, 5.74) is 2.62. The Morgan fingerprint density at radius 2 is 1.86 bits per heavy atom. The van der Waals surface area contributed by atoms with Gasteiger partial charge in [0.2, 0.25) is 0 Å². The van der Waals surface area contributed by atoms with Gasteiger partial charge in [0.25, 0.3) is 0 Å². The standard InChI is InChI=1S/C20H19Cl2N3O3/c1-28-19(26)18-14(17-15(22)9-13(21)10-16(17)25-18)7-8-23-20(27)24-11-12-5-3-2-4-6-12/h2-6,9-10,25H,7-8,11H2,1H3,(H2,23,24,27). The van der Waals surface area contributed by atoms with Crippen molar-refractivity contribution in [2.75, 3.05) is 13.7 Å². The van der Waals surface area contributed by atoms with E-state index >= 15 is 0 Å². The molecule has 146 valence electrons. The average molecular weight is 420 g/mol. The van der Waals surface area contributed by atoms with Crippen LogP contribution in [0.25, 0.3) is 10.9 Å². The first kappa shape index (κ1) is 20.0. The highest BCUT2D eigenvalue weighted by Crippen LogP contribution is 2.33. The molecule has 0 saturated heterocycles. The number of carbonyl (C=O) groups is 2. The number of rotatable bonds is 6. The van der Waals surface area contributed by atoms with Gasteiger partial charge in [-0.2, -0.15) is 0 Å². The van der Waals surface area contributed by atoms with Crippen molar-refractivity contribution in [2.24, 2.45) is 0 Å². The van der Waals surface area contributed by atoms with E-state index in [2.05, 4.69) is 15.6 Å². The summed E-state index contributed by atoms with van der Waals surface area (Å²) in [5.74, 6) is -0.507. The molecule has 2 amide bonds. The number of urea groups is 1. The fourth-order valence-electron chi connectivity index (χ4n) is 2.98. The van der Waals surface area contributed by atoms with Crippen LogP contribution in [-0.4, -0.2) is 30.6 Å². The quantitative estimate of drug-likeness (QED) is 0.520. The number of halogens is 2. The lowest BCUT2D eigenvalue weighted by Crippen LogP contribution is -2.36. The number of aromatic amines is 1. The highest BCUT2D eigenvalue weighted by molar-refractivity contribution is 6.39. The number of hydrogen-bond donors (Lipinski definition) is 3. The molecule has 0 aliphatic carbocycles. The van der Waals surface area contributed by atoms with E-state index in [9.17, 15) is 9.59 Å². The molecular weight excluding hydrogens is 401 g/mol. The molecule has 8 heteroatoms. The van der Waals surface area contributed by atoms with Crippen molar-refractivity contribution in [1.82, 2.24) is 15.6 Å². The van der Waals surface area contributed by atoms with Crippen molar-refractivity contribution in [3.05, 3.63) is 69.3 Å². The minimum atomic E-state index is -0.507. The number of H-pyrrole nitrogens is 1. The molecule has 0 aliphatic rings. The SMILES string of the molecule is COC(=O)c1[nH]c2cc(Cl)cc(Cl)c2c1CCNC(=O)NCc1ccccc1. The van der Waals surface area contributed by atoms with Crippen molar-refractivity contribution in [1.29, 1.82) is 0 Å². The van der Waals surface area contributed by atoms with Gasteiger partial charge in [-0.1, -0.05) is 53.5 Å². The van der Waals surface area contributed by atoms with Gasteiger partial charge >= 0.3 is 12.0 Å². The van der Waals surface area contributed by atoms with Gasteiger partial charge in [0, 0.05) is 29.0 Å². The number of amides is 2. The Balaban J connectivity index is 1.69. The lowest BCUT2D eigenvalue weighted by Gasteiger charge is -2.09. The lowest BCUT2D eigenvalue weighted by atomic mass is 10.1. The largest absolute Gasteiger partial charge is 0.464 e. The number of nitrogens with one attached hydrogen (secondary N) is 3. The molecule has 2 aromatic carbocycles. The number of ether oxygens (including phenoxy) is 1. The molecule has 0 spiro atoms. The van der Waals surface area contributed by atoms with E-state index in [-0.39, 0.29) is 6.03 Å². The molecule has 0 saturated carbocycles. The fraction of sp³-hybridized carbons (Fsp3) is 0.200. The Labute approximate surface area is 172 Å². The zero-order valence-electron chi connectivity index (χ0n) is 15.1. The van der Waals surface area contributed by atoms with Crippen LogP contribution in [0.5, 0.6) is 0 Å². The van der Waals surface area contributed by atoms with Crippen LogP contribution >= 0.6 is 23.2 Å². The van der Waals surface area contributed by atoms with Gasteiger partial charge in [0.05, 0.1) is 12.1 Å². The summed E-state index contributed by atoms with van der Waals surface area (Å²) >= 11 is 12.4. The maximum absolute atomic E-state index is 12.1. The molecule has 1 heterocycles. The molecule has 1 aromatic heterocycles. The first-order chi connectivity index (χ1) is 13.5. The third kappa shape index (κ3) is 4.58. The number of carbonyl (C=O) groups excluding carboxylic acids is 2. The molecule has 0 bridgehead atoms. The number of fused-ring (bicyclic) bond motifs is 1. The number of aromatic nitrogens is 1. The molecule has 6 nitrogen and oxygen atoms in total. The maximum Gasteiger partial charge on any atom is 0.354 e. The van der Waals surface area contributed by atoms with Gasteiger partial charge in [-0.15, -0.1) is 0 Å². The Morgan fingerprint density at radius 3 is 2.57 bits per heavy atom. The van der Waals surface area contributed by atoms with Crippen LogP contribution in [0.2, 0.25) is 10.0 Å². The second-order valence-corrected chi connectivity index (χ2v) is 6.97.